The number of carboxylic acid groups (broad SMARTS) is 1. The summed E-state index contributed by atoms with van der Waals surface area (Å²) < 4.78 is 6.17. The Morgan fingerprint density at radius 2 is 1.54 bits per heavy atom. The first-order valence-corrected chi connectivity index (χ1v) is 20.6. The number of rotatable bonds is 10. The molecule has 1 saturated heterocycles. The highest BCUT2D eigenvalue weighted by atomic mass is 16.5. The number of aliphatic carboxylic acids is 1. The van der Waals surface area contributed by atoms with Crippen molar-refractivity contribution in [3.05, 3.63) is 11.1 Å². The summed E-state index contributed by atoms with van der Waals surface area (Å²) in [4.78, 5) is 43.6. The molecule has 0 amide bonds. The molecular weight excluding hydrogens is 656 g/mol. The monoisotopic (exact) mass is 727 g/mol. The van der Waals surface area contributed by atoms with Gasteiger partial charge in [-0.05, 0) is 111 Å². The number of ketones is 1. The van der Waals surface area contributed by atoms with Crippen LogP contribution >= 0.6 is 0 Å². The van der Waals surface area contributed by atoms with Crippen molar-refractivity contribution in [2.75, 3.05) is 45.9 Å². The number of ether oxygens (including phenoxy) is 1. The van der Waals surface area contributed by atoms with Crippen molar-refractivity contribution in [1.82, 2.24) is 9.80 Å². The minimum absolute atomic E-state index is 0.000990. The van der Waals surface area contributed by atoms with Crippen LogP contribution in [0.15, 0.2) is 11.1 Å². The van der Waals surface area contributed by atoms with Gasteiger partial charge in [-0.25, -0.2) is 0 Å². The average Bonchev–Trinajstić information content (AvgIpc) is 3.37. The second-order valence-corrected chi connectivity index (χ2v) is 20.4. The van der Waals surface area contributed by atoms with Crippen LogP contribution < -0.4 is 0 Å². The molecule has 1 heterocycles. The lowest BCUT2D eigenvalue weighted by atomic mass is 9.33. The molecule has 9 heteroatoms. The molecule has 6 rings (SSSR count). The number of hydrogen-bond acceptors (Lipinski definition) is 8. The number of piperazine rings is 1. The molecule has 3 N–H and O–H groups in total. The number of nitrogens with zero attached hydrogens (tertiary/aromatic N) is 2. The van der Waals surface area contributed by atoms with Crippen molar-refractivity contribution in [3.63, 3.8) is 0 Å². The second kappa shape index (κ2) is 13.7. The Labute approximate surface area is 313 Å². The Hall–Kier alpha value is -1.81. The van der Waals surface area contributed by atoms with Crippen molar-refractivity contribution in [2.45, 2.75) is 139 Å². The fourth-order valence-corrected chi connectivity index (χ4v) is 13.7. The molecule has 0 aromatic heterocycles. The molecule has 52 heavy (non-hydrogen) atoms. The summed E-state index contributed by atoms with van der Waals surface area (Å²) in [5, 5.41) is 31.4. The van der Waals surface area contributed by atoms with Crippen molar-refractivity contribution in [2.24, 2.45) is 56.2 Å². The first kappa shape index (κ1) is 39.9. The van der Waals surface area contributed by atoms with Crippen molar-refractivity contribution in [1.29, 1.82) is 0 Å². The standard InChI is InChI=1S/C43H70N2O7/c1-27(2)35-29(47)24-43(32(48)26-45-20-18-44(19-21-45)22-23-46)17-16-41(8)28(36(35)43)10-11-31-40(7)14-13-33(52-34(49)25-38(3,4)37(50)51)39(5,6)30(40)12-15-42(31,41)9/h27-28,30-33,46,48H,10-26H2,1-9H3,(H,50,51)/t28-,30+,31-,32+,33+,40+,41-,42-,43+/m1/s1. The predicted octanol–water partition coefficient (Wildman–Crippen LogP) is 6.35. The summed E-state index contributed by atoms with van der Waals surface area (Å²) in [6.07, 6.45) is 7.38. The summed E-state index contributed by atoms with van der Waals surface area (Å²) in [6, 6.07) is 0. The van der Waals surface area contributed by atoms with Gasteiger partial charge in [-0.3, -0.25) is 24.2 Å². The minimum atomic E-state index is -1.16. The molecular formula is C43H70N2O7. The SMILES string of the molecule is CC(C)C1=C2[C@H]3CC[C@@H]4[C@@]5(C)CC[C@H](OC(=O)CC(C)(C)C(=O)O)C(C)(C)[C@@H]5CC[C@@]4(C)[C@]3(C)CC[C@@]2([C@@H](O)CN2CCN(CCO)CC2)CC1=O. The molecule has 5 aliphatic carbocycles. The van der Waals surface area contributed by atoms with Gasteiger partial charge in [-0.2, -0.15) is 0 Å². The molecule has 294 valence electrons. The first-order valence-electron chi connectivity index (χ1n) is 20.6. The zero-order valence-corrected chi connectivity index (χ0v) is 33.9. The third-order valence-electron chi connectivity index (χ3n) is 16.8. The number of esters is 1. The molecule has 0 aromatic carbocycles. The van der Waals surface area contributed by atoms with Crippen LogP contribution in [-0.2, 0) is 19.1 Å². The lowest BCUT2D eigenvalue weighted by molar-refractivity contribution is -0.235. The largest absolute Gasteiger partial charge is 0.481 e. The number of fused-ring (bicyclic) bond motifs is 7. The third-order valence-corrected chi connectivity index (χ3v) is 16.8. The number of carbonyl (C=O) groups is 3. The van der Waals surface area contributed by atoms with E-state index in [0.717, 1.165) is 83.1 Å². The highest BCUT2D eigenvalue weighted by Crippen LogP contribution is 2.77. The Kier molecular flexibility index (Phi) is 10.5. The first-order chi connectivity index (χ1) is 24.2. The van der Waals surface area contributed by atoms with Crippen LogP contribution in [0.4, 0.5) is 0 Å². The van der Waals surface area contributed by atoms with Crippen LogP contribution in [-0.4, -0.2) is 101 Å². The zero-order valence-electron chi connectivity index (χ0n) is 33.9. The number of β-amino-alcohol motifs (C(OH)–C–C–N with tert-alkyl or cyclic N) is 2. The fraction of sp³-hybridized carbons (Fsp3) is 0.884. The maximum atomic E-state index is 14.1. The van der Waals surface area contributed by atoms with E-state index in [-0.39, 0.29) is 58.4 Å². The Morgan fingerprint density at radius 1 is 0.885 bits per heavy atom. The van der Waals surface area contributed by atoms with E-state index in [1.165, 1.54) is 5.57 Å². The molecule has 0 unspecified atom stereocenters. The minimum Gasteiger partial charge on any atom is -0.481 e. The summed E-state index contributed by atoms with van der Waals surface area (Å²) in [5.74, 6) is 0.111. The molecule has 6 aliphatic rings. The van der Waals surface area contributed by atoms with E-state index in [0.29, 0.717) is 31.3 Å². The van der Waals surface area contributed by atoms with Crippen LogP contribution in [0.1, 0.15) is 127 Å². The summed E-state index contributed by atoms with van der Waals surface area (Å²) in [6.45, 7) is 24.7. The molecule has 0 aromatic rings. The predicted molar refractivity (Wildman–Crippen MR) is 201 cm³/mol. The van der Waals surface area contributed by atoms with Crippen molar-refractivity contribution in [3.8, 4) is 0 Å². The molecule has 0 spiro atoms. The summed E-state index contributed by atoms with van der Waals surface area (Å²) in [7, 11) is 0. The van der Waals surface area contributed by atoms with Gasteiger partial charge in [0.2, 0.25) is 0 Å². The van der Waals surface area contributed by atoms with E-state index >= 15 is 0 Å². The highest BCUT2D eigenvalue weighted by Gasteiger charge is 2.71. The normalized spacial score (nSPS) is 40.1. The zero-order chi connectivity index (χ0) is 38.2. The van der Waals surface area contributed by atoms with Gasteiger partial charge in [0.25, 0.3) is 0 Å². The lowest BCUT2D eigenvalue weighted by Gasteiger charge is -2.72. The van der Waals surface area contributed by atoms with Crippen molar-refractivity contribution < 1.29 is 34.4 Å². The van der Waals surface area contributed by atoms with Gasteiger partial charge in [0.1, 0.15) is 6.10 Å². The average molecular weight is 727 g/mol. The second-order valence-electron chi connectivity index (χ2n) is 20.4. The lowest BCUT2D eigenvalue weighted by Crippen LogP contribution is -2.66. The number of Topliss-reactive ketones (excluding diaryl/α,β-unsaturated/α-hetero) is 1. The van der Waals surface area contributed by atoms with Gasteiger partial charge < -0.3 is 20.1 Å². The van der Waals surface area contributed by atoms with E-state index in [1.54, 1.807) is 13.8 Å². The van der Waals surface area contributed by atoms with Crippen LogP contribution in [0.5, 0.6) is 0 Å². The maximum absolute atomic E-state index is 14.1. The number of aliphatic hydroxyl groups excluding tert-OH is 2. The maximum Gasteiger partial charge on any atom is 0.309 e. The quantitative estimate of drug-likeness (QED) is 0.221. The van der Waals surface area contributed by atoms with E-state index in [2.05, 4.69) is 58.3 Å². The van der Waals surface area contributed by atoms with Gasteiger partial charge in [0, 0.05) is 56.5 Å². The summed E-state index contributed by atoms with van der Waals surface area (Å²) in [5.41, 5.74) is 0.567. The number of carbonyl (C=O) groups excluding carboxylic acids is 2. The van der Waals surface area contributed by atoms with E-state index in [1.807, 2.05) is 0 Å². The van der Waals surface area contributed by atoms with Crippen LogP contribution in [0.2, 0.25) is 0 Å². The van der Waals surface area contributed by atoms with Crippen molar-refractivity contribution >= 4 is 17.7 Å². The number of allylic oxidation sites excluding steroid dienone is 1. The number of aliphatic hydroxyl groups is 2. The topological polar surface area (TPSA) is 128 Å². The molecule has 0 bridgehead atoms. The molecule has 0 radical (unpaired) electrons. The number of hydrogen-bond donors (Lipinski definition) is 3. The molecule has 9 atom stereocenters. The summed E-state index contributed by atoms with van der Waals surface area (Å²) >= 11 is 0. The van der Waals surface area contributed by atoms with E-state index in [9.17, 15) is 29.7 Å². The molecule has 4 saturated carbocycles. The van der Waals surface area contributed by atoms with E-state index in [4.69, 9.17) is 4.74 Å². The molecule has 1 aliphatic heterocycles. The van der Waals surface area contributed by atoms with Gasteiger partial charge >= 0.3 is 11.9 Å². The highest BCUT2D eigenvalue weighted by molar-refractivity contribution is 6.00. The van der Waals surface area contributed by atoms with Gasteiger partial charge in [0.05, 0.1) is 24.5 Å². The van der Waals surface area contributed by atoms with Gasteiger partial charge in [-0.1, -0.05) is 54.0 Å². The Bertz CT molecular complexity index is 1450. The van der Waals surface area contributed by atoms with E-state index < -0.39 is 28.9 Å². The molecule has 5 fully saturated rings. The number of carboxylic acids is 1. The smallest absolute Gasteiger partial charge is 0.309 e. The van der Waals surface area contributed by atoms with Crippen LogP contribution in [0, 0.1) is 56.2 Å². The Balaban J connectivity index is 1.26. The van der Waals surface area contributed by atoms with Crippen LogP contribution in [0.25, 0.3) is 0 Å². The third kappa shape index (κ3) is 6.14. The van der Waals surface area contributed by atoms with Gasteiger partial charge in [0.15, 0.2) is 5.78 Å². The van der Waals surface area contributed by atoms with Crippen LogP contribution in [0.3, 0.4) is 0 Å². The fourth-order valence-electron chi connectivity index (χ4n) is 13.7. The Morgan fingerprint density at radius 3 is 2.15 bits per heavy atom. The van der Waals surface area contributed by atoms with Gasteiger partial charge in [-0.15, -0.1) is 0 Å². The molecule has 9 nitrogen and oxygen atoms in total.